The maximum Gasteiger partial charge on any atom is 0.131 e. The van der Waals surface area contributed by atoms with Gasteiger partial charge < -0.3 is 4.74 Å². The normalized spacial score (nSPS) is 10.4. The van der Waals surface area contributed by atoms with Gasteiger partial charge in [0, 0.05) is 15.9 Å². The van der Waals surface area contributed by atoms with Gasteiger partial charge in [-0.2, -0.15) is 0 Å². The molecule has 0 heterocycles. The van der Waals surface area contributed by atoms with Crippen LogP contribution in [0.4, 0.5) is 4.39 Å². The third-order valence-electron chi connectivity index (χ3n) is 2.52. The van der Waals surface area contributed by atoms with E-state index in [1.807, 2.05) is 6.07 Å². The van der Waals surface area contributed by atoms with E-state index in [0.29, 0.717) is 27.4 Å². The Labute approximate surface area is 119 Å². The molecule has 0 aliphatic carbocycles. The molecule has 0 bridgehead atoms. The van der Waals surface area contributed by atoms with Crippen molar-refractivity contribution in [1.29, 1.82) is 0 Å². The standard InChI is InChI=1S/C14H11BrClFO/c1-9-6-12(3-4-13(9)17)18-14-5-2-11(16)7-10(14)8-15/h2-7H,8H2,1H3. The van der Waals surface area contributed by atoms with Gasteiger partial charge in [0.1, 0.15) is 17.3 Å². The lowest BCUT2D eigenvalue weighted by Crippen LogP contribution is -1.91. The summed E-state index contributed by atoms with van der Waals surface area (Å²) >= 11 is 9.30. The molecule has 2 aromatic carbocycles. The molecule has 0 aliphatic rings. The summed E-state index contributed by atoms with van der Waals surface area (Å²) in [5.41, 5.74) is 1.51. The number of benzene rings is 2. The van der Waals surface area contributed by atoms with Crippen LogP contribution in [0.1, 0.15) is 11.1 Å². The van der Waals surface area contributed by atoms with Gasteiger partial charge in [0.25, 0.3) is 0 Å². The summed E-state index contributed by atoms with van der Waals surface area (Å²) in [5.74, 6) is 1.08. The van der Waals surface area contributed by atoms with Crippen molar-refractivity contribution < 1.29 is 9.13 Å². The molecule has 2 aromatic rings. The van der Waals surface area contributed by atoms with E-state index in [-0.39, 0.29) is 5.82 Å². The zero-order chi connectivity index (χ0) is 13.1. The van der Waals surface area contributed by atoms with Gasteiger partial charge in [-0.25, -0.2) is 4.39 Å². The summed E-state index contributed by atoms with van der Waals surface area (Å²) in [7, 11) is 0. The van der Waals surface area contributed by atoms with Crippen LogP contribution in [-0.2, 0) is 5.33 Å². The van der Waals surface area contributed by atoms with Crippen LogP contribution in [0.3, 0.4) is 0 Å². The molecular formula is C14H11BrClFO. The molecule has 0 unspecified atom stereocenters. The monoisotopic (exact) mass is 328 g/mol. The number of hydrogen-bond donors (Lipinski definition) is 0. The highest BCUT2D eigenvalue weighted by molar-refractivity contribution is 9.08. The highest BCUT2D eigenvalue weighted by atomic mass is 79.9. The maximum absolute atomic E-state index is 13.2. The van der Waals surface area contributed by atoms with Gasteiger partial charge >= 0.3 is 0 Å². The lowest BCUT2D eigenvalue weighted by molar-refractivity contribution is 0.476. The molecular weight excluding hydrogens is 319 g/mol. The van der Waals surface area contributed by atoms with Gasteiger partial charge in [0.2, 0.25) is 0 Å². The second-order valence-electron chi connectivity index (χ2n) is 3.90. The molecule has 0 radical (unpaired) electrons. The van der Waals surface area contributed by atoms with E-state index in [1.54, 1.807) is 31.2 Å². The fourth-order valence-electron chi connectivity index (χ4n) is 1.56. The Balaban J connectivity index is 2.30. The van der Waals surface area contributed by atoms with E-state index >= 15 is 0 Å². The molecule has 0 amide bonds. The van der Waals surface area contributed by atoms with Crippen molar-refractivity contribution in [2.75, 3.05) is 0 Å². The predicted octanol–water partition coefficient (Wildman–Crippen LogP) is 5.47. The summed E-state index contributed by atoms with van der Waals surface area (Å²) in [5, 5.41) is 1.30. The van der Waals surface area contributed by atoms with Crippen LogP contribution in [0.15, 0.2) is 36.4 Å². The molecule has 0 spiro atoms. The van der Waals surface area contributed by atoms with Crippen LogP contribution >= 0.6 is 27.5 Å². The second-order valence-corrected chi connectivity index (χ2v) is 4.90. The van der Waals surface area contributed by atoms with E-state index in [4.69, 9.17) is 16.3 Å². The van der Waals surface area contributed by atoms with Crippen molar-refractivity contribution in [2.24, 2.45) is 0 Å². The van der Waals surface area contributed by atoms with Gasteiger partial charge in [0.15, 0.2) is 0 Å². The van der Waals surface area contributed by atoms with Crippen molar-refractivity contribution in [3.63, 3.8) is 0 Å². The Morgan fingerprint density at radius 1 is 1.22 bits per heavy atom. The number of hydrogen-bond acceptors (Lipinski definition) is 1. The average molecular weight is 330 g/mol. The third-order valence-corrected chi connectivity index (χ3v) is 3.36. The van der Waals surface area contributed by atoms with Gasteiger partial charge in [0.05, 0.1) is 0 Å². The van der Waals surface area contributed by atoms with E-state index in [9.17, 15) is 4.39 Å². The zero-order valence-corrected chi connectivity index (χ0v) is 12.1. The Hall–Kier alpha value is -1.06. The zero-order valence-electron chi connectivity index (χ0n) is 9.71. The number of rotatable bonds is 3. The largest absolute Gasteiger partial charge is 0.457 e. The Bertz CT molecular complexity index is 572. The third kappa shape index (κ3) is 3.03. The maximum atomic E-state index is 13.2. The van der Waals surface area contributed by atoms with Crippen LogP contribution in [0.2, 0.25) is 5.02 Å². The molecule has 0 atom stereocenters. The first-order chi connectivity index (χ1) is 8.60. The van der Waals surface area contributed by atoms with Crippen LogP contribution in [0.25, 0.3) is 0 Å². The molecule has 2 rings (SSSR count). The van der Waals surface area contributed by atoms with E-state index in [2.05, 4.69) is 15.9 Å². The molecule has 0 fully saturated rings. The van der Waals surface area contributed by atoms with Gasteiger partial charge in [-0.1, -0.05) is 27.5 Å². The van der Waals surface area contributed by atoms with E-state index in [0.717, 1.165) is 5.56 Å². The Morgan fingerprint density at radius 3 is 2.67 bits per heavy atom. The van der Waals surface area contributed by atoms with Gasteiger partial charge in [-0.15, -0.1) is 0 Å². The lowest BCUT2D eigenvalue weighted by atomic mass is 10.2. The van der Waals surface area contributed by atoms with Crippen LogP contribution < -0.4 is 4.74 Å². The van der Waals surface area contributed by atoms with E-state index < -0.39 is 0 Å². The second kappa shape index (κ2) is 5.72. The minimum atomic E-state index is -0.237. The summed E-state index contributed by atoms with van der Waals surface area (Å²) in [6.07, 6.45) is 0. The highest BCUT2D eigenvalue weighted by Gasteiger charge is 2.06. The fraction of sp³-hybridized carbons (Fsp3) is 0.143. The Morgan fingerprint density at radius 2 is 2.00 bits per heavy atom. The smallest absolute Gasteiger partial charge is 0.131 e. The molecule has 94 valence electrons. The lowest BCUT2D eigenvalue weighted by Gasteiger charge is -2.10. The number of halogens is 3. The highest BCUT2D eigenvalue weighted by Crippen LogP contribution is 2.30. The molecule has 0 saturated heterocycles. The number of aryl methyl sites for hydroxylation is 1. The number of alkyl halides is 1. The minimum absolute atomic E-state index is 0.237. The summed E-state index contributed by atoms with van der Waals surface area (Å²) in [6.45, 7) is 1.70. The average Bonchev–Trinajstić information content (AvgIpc) is 2.36. The van der Waals surface area contributed by atoms with Gasteiger partial charge in [-0.05, 0) is 48.9 Å². The summed E-state index contributed by atoms with van der Waals surface area (Å²) in [4.78, 5) is 0. The van der Waals surface area contributed by atoms with E-state index in [1.165, 1.54) is 6.07 Å². The van der Waals surface area contributed by atoms with Gasteiger partial charge in [-0.3, -0.25) is 0 Å². The molecule has 0 aliphatic heterocycles. The van der Waals surface area contributed by atoms with Crippen molar-refractivity contribution in [3.8, 4) is 11.5 Å². The van der Waals surface area contributed by atoms with Crippen molar-refractivity contribution >= 4 is 27.5 Å². The quantitative estimate of drug-likeness (QED) is 0.678. The van der Waals surface area contributed by atoms with Crippen molar-refractivity contribution in [2.45, 2.75) is 12.3 Å². The molecule has 0 aromatic heterocycles. The van der Waals surface area contributed by atoms with Crippen LogP contribution in [0.5, 0.6) is 11.5 Å². The predicted molar refractivity (Wildman–Crippen MR) is 75.3 cm³/mol. The molecule has 18 heavy (non-hydrogen) atoms. The molecule has 4 heteroatoms. The molecule has 1 nitrogen and oxygen atoms in total. The molecule has 0 saturated carbocycles. The SMILES string of the molecule is Cc1cc(Oc2ccc(Cl)cc2CBr)ccc1F. The van der Waals surface area contributed by atoms with Crippen molar-refractivity contribution in [3.05, 3.63) is 58.4 Å². The van der Waals surface area contributed by atoms with Crippen LogP contribution in [-0.4, -0.2) is 0 Å². The number of ether oxygens (including phenoxy) is 1. The van der Waals surface area contributed by atoms with Crippen LogP contribution in [0, 0.1) is 12.7 Å². The first kappa shape index (κ1) is 13.4. The first-order valence-electron chi connectivity index (χ1n) is 5.38. The summed E-state index contributed by atoms with van der Waals surface area (Å²) in [6, 6.07) is 10.1. The molecule has 0 N–H and O–H groups in total. The minimum Gasteiger partial charge on any atom is -0.457 e. The topological polar surface area (TPSA) is 9.23 Å². The fourth-order valence-corrected chi connectivity index (χ4v) is 2.19. The summed E-state index contributed by atoms with van der Waals surface area (Å²) < 4.78 is 18.9. The first-order valence-corrected chi connectivity index (χ1v) is 6.88. The van der Waals surface area contributed by atoms with Crippen molar-refractivity contribution in [1.82, 2.24) is 0 Å². The Kier molecular flexibility index (Phi) is 4.25.